The Morgan fingerprint density at radius 2 is 1.60 bits per heavy atom. The molecule has 0 fully saturated rings. The number of nitrogens with zero attached hydrogens (tertiary/aromatic N) is 1. The minimum atomic E-state index is -4.32. The van der Waals surface area contributed by atoms with E-state index in [0.717, 1.165) is 23.3 Å². The average Bonchev–Trinajstić information content (AvgIpc) is 2.38. The van der Waals surface area contributed by atoms with Crippen LogP contribution in [0.3, 0.4) is 0 Å². The van der Waals surface area contributed by atoms with Gasteiger partial charge < -0.3 is 0 Å². The van der Waals surface area contributed by atoms with E-state index in [-0.39, 0.29) is 0 Å². The van der Waals surface area contributed by atoms with Crippen LogP contribution in [0.1, 0.15) is 16.7 Å². The van der Waals surface area contributed by atoms with E-state index in [1.54, 1.807) is 0 Å². The molecule has 0 aliphatic carbocycles. The summed E-state index contributed by atoms with van der Waals surface area (Å²) in [5.74, 6) is 0. The fourth-order valence-corrected chi connectivity index (χ4v) is 2.42. The summed E-state index contributed by atoms with van der Waals surface area (Å²) < 4.78 is 38.0. The van der Waals surface area contributed by atoms with Crippen molar-refractivity contribution in [3.8, 4) is 0 Å². The molecular weight excluding hydrogens is 330 g/mol. The van der Waals surface area contributed by atoms with Crippen LogP contribution >= 0.6 is 0 Å². The number of benzene rings is 2. The van der Waals surface area contributed by atoms with Gasteiger partial charge in [0, 0.05) is 0 Å². The third kappa shape index (κ3) is 3.50. The zero-order valence-corrected chi connectivity index (χ0v) is 12.3. The van der Waals surface area contributed by atoms with Crippen LogP contribution < -0.4 is 0 Å². The first-order valence-corrected chi connectivity index (χ1v) is 6.72. The molecule has 0 saturated heterocycles. The summed E-state index contributed by atoms with van der Waals surface area (Å²) in [6.45, 7) is 1.95. The molecule has 1 nitrogen and oxygen atoms in total. The summed E-state index contributed by atoms with van der Waals surface area (Å²) >= 11 is 2.86. The van der Waals surface area contributed by atoms with Crippen LogP contribution in [0.25, 0.3) is 0 Å². The van der Waals surface area contributed by atoms with Crippen molar-refractivity contribution in [1.82, 2.24) is 0 Å². The molecule has 0 saturated carbocycles. The van der Waals surface area contributed by atoms with Gasteiger partial charge in [0.05, 0.1) is 0 Å². The topological polar surface area (TPSA) is 12.4 Å². The van der Waals surface area contributed by atoms with Crippen molar-refractivity contribution in [3.63, 3.8) is 0 Å². The molecular formula is C15H11F3NSe. The zero-order valence-electron chi connectivity index (χ0n) is 10.6. The van der Waals surface area contributed by atoms with E-state index in [0.29, 0.717) is 10.3 Å². The second kappa shape index (κ2) is 5.81. The fourth-order valence-electron chi connectivity index (χ4n) is 1.72. The molecule has 0 N–H and O–H groups in total. The molecule has 0 atom stereocenters. The Labute approximate surface area is 123 Å². The Morgan fingerprint density at radius 3 is 2.15 bits per heavy atom. The Bertz CT molecular complexity index is 630. The predicted octanol–water partition coefficient (Wildman–Crippen LogP) is 4.26. The summed E-state index contributed by atoms with van der Waals surface area (Å²) in [6.07, 6.45) is -4.32. The van der Waals surface area contributed by atoms with Gasteiger partial charge in [0.2, 0.25) is 0 Å². The normalized spacial score (nSPS) is 12.5. The number of hydrogen-bond donors (Lipinski definition) is 0. The number of halogens is 3. The van der Waals surface area contributed by atoms with Gasteiger partial charge in [0.25, 0.3) is 0 Å². The molecule has 5 heteroatoms. The van der Waals surface area contributed by atoms with Gasteiger partial charge in [-0.1, -0.05) is 0 Å². The molecule has 0 aliphatic heterocycles. The summed E-state index contributed by atoms with van der Waals surface area (Å²) in [7, 11) is 0. The van der Waals surface area contributed by atoms with Crippen LogP contribution in [0.2, 0.25) is 0 Å². The van der Waals surface area contributed by atoms with Crippen LogP contribution in [-0.2, 0) is 6.18 Å². The van der Waals surface area contributed by atoms with Gasteiger partial charge in [-0.05, 0) is 0 Å². The molecule has 2 aromatic carbocycles. The standard InChI is InChI=1S/C15H11F3NSe/c1-10-4-2-3-5-13(10)14(20)19-12-8-6-11(7-9-12)15(16,17)18/h2-9H,1H3. The summed E-state index contributed by atoms with van der Waals surface area (Å²) in [4.78, 5) is 4.31. The van der Waals surface area contributed by atoms with E-state index in [4.69, 9.17) is 0 Å². The first kappa shape index (κ1) is 14.8. The maximum absolute atomic E-state index is 12.5. The molecule has 1 radical (unpaired) electrons. The maximum atomic E-state index is 12.5. The van der Waals surface area contributed by atoms with Crippen molar-refractivity contribution in [2.75, 3.05) is 0 Å². The van der Waals surface area contributed by atoms with Crippen LogP contribution in [-0.4, -0.2) is 20.6 Å². The van der Waals surface area contributed by atoms with E-state index < -0.39 is 11.7 Å². The molecule has 0 aliphatic rings. The van der Waals surface area contributed by atoms with Crippen molar-refractivity contribution in [2.24, 2.45) is 4.99 Å². The van der Waals surface area contributed by atoms with Gasteiger partial charge in [0.1, 0.15) is 0 Å². The van der Waals surface area contributed by atoms with Gasteiger partial charge in [-0.2, -0.15) is 0 Å². The van der Waals surface area contributed by atoms with E-state index >= 15 is 0 Å². The molecule has 2 aromatic rings. The van der Waals surface area contributed by atoms with Crippen LogP contribution in [0.15, 0.2) is 53.5 Å². The van der Waals surface area contributed by atoms with Crippen molar-refractivity contribution < 1.29 is 13.2 Å². The Hall–Kier alpha value is -1.58. The Kier molecular flexibility index (Phi) is 4.31. The number of hydrogen-bond acceptors (Lipinski definition) is 1. The van der Waals surface area contributed by atoms with E-state index in [1.165, 1.54) is 12.1 Å². The minimum absolute atomic E-state index is 0.481. The average molecular weight is 341 g/mol. The first-order valence-electron chi connectivity index (χ1n) is 5.87. The number of rotatable bonds is 2. The fraction of sp³-hybridized carbons (Fsp3) is 0.133. The second-order valence-corrected chi connectivity index (χ2v) is 5.09. The van der Waals surface area contributed by atoms with Crippen LogP contribution in [0, 0.1) is 6.92 Å². The van der Waals surface area contributed by atoms with Crippen LogP contribution in [0.4, 0.5) is 18.9 Å². The third-order valence-electron chi connectivity index (χ3n) is 2.80. The Balaban J connectivity index is 2.29. The van der Waals surface area contributed by atoms with Gasteiger partial charge >= 0.3 is 123 Å². The van der Waals surface area contributed by atoms with E-state index in [2.05, 4.69) is 21.0 Å². The number of aryl methyl sites for hydroxylation is 1. The molecule has 0 bridgehead atoms. The predicted molar refractivity (Wildman–Crippen MR) is 74.6 cm³/mol. The van der Waals surface area contributed by atoms with Crippen molar-refractivity contribution in [3.05, 3.63) is 65.2 Å². The molecule has 0 heterocycles. The molecule has 20 heavy (non-hydrogen) atoms. The summed E-state index contributed by atoms with van der Waals surface area (Å²) in [5.41, 5.74) is 1.80. The van der Waals surface area contributed by atoms with E-state index in [1.807, 2.05) is 31.2 Å². The van der Waals surface area contributed by atoms with Gasteiger partial charge in [-0.25, -0.2) is 0 Å². The van der Waals surface area contributed by atoms with E-state index in [9.17, 15) is 13.2 Å². The van der Waals surface area contributed by atoms with Crippen LogP contribution in [0.5, 0.6) is 0 Å². The quantitative estimate of drug-likeness (QED) is 0.572. The molecule has 0 amide bonds. The molecule has 103 valence electrons. The SMILES string of the molecule is Cc1ccccc1C([Se])=Nc1ccc(C(F)(F)F)cc1. The van der Waals surface area contributed by atoms with Crippen molar-refractivity contribution in [2.45, 2.75) is 13.1 Å². The first-order chi connectivity index (χ1) is 9.38. The summed E-state index contributed by atoms with van der Waals surface area (Å²) in [6, 6.07) is 12.5. The van der Waals surface area contributed by atoms with Gasteiger partial charge in [-0.3, -0.25) is 0 Å². The zero-order chi connectivity index (χ0) is 14.8. The number of aliphatic imine (C=N–C) groups is 1. The monoisotopic (exact) mass is 342 g/mol. The van der Waals surface area contributed by atoms with Gasteiger partial charge in [-0.15, -0.1) is 0 Å². The van der Waals surface area contributed by atoms with Gasteiger partial charge in [0.15, 0.2) is 0 Å². The molecule has 0 aromatic heterocycles. The third-order valence-corrected chi connectivity index (χ3v) is 3.45. The molecule has 0 unspecified atom stereocenters. The molecule has 0 spiro atoms. The molecule has 2 rings (SSSR count). The van der Waals surface area contributed by atoms with Crippen molar-refractivity contribution in [1.29, 1.82) is 0 Å². The second-order valence-electron chi connectivity index (χ2n) is 4.28. The Morgan fingerprint density at radius 1 is 1.00 bits per heavy atom. The number of alkyl halides is 3. The summed E-state index contributed by atoms with van der Waals surface area (Å²) in [5, 5.41) is 0. The van der Waals surface area contributed by atoms with Crippen molar-refractivity contribution >= 4 is 26.3 Å².